The molecule has 0 saturated heterocycles. The van der Waals surface area contributed by atoms with Crippen molar-refractivity contribution in [3.05, 3.63) is 82.6 Å². The zero-order valence-corrected chi connectivity index (χ0v) is 15.7. The Bertz CT molecular complexity index is 552. The molecule has 0 aliphatic heterocycles. The SMILES string of the molecule is CC/C=C/C/C=C/C/C=C/C/C(=C/C/C=C/C/C=C/CC[C]=O)[N+](=O)[O-]. The van der Waals surface area contributed by atoms with Gasteiger partial charge in [-0.25, -0.2) is 0 Å². The molecule has 4 nitrogen and oxygen atoms in total. The van der Waals surface area contributed by atoms with E-state index in [4.69, 9.17) is 0 Å². The number of rotatable bonds is 15. The molecule has 0 fully saturated rings. The maximum atomic E-state index is 11.0. The maximum Gasteiger partial charge on any atom is 0.246 e. The zero-order chi connectivity index (χ0) is 19.3. The Kier molecular flexibility index (Phi) is 17.0. The number of unbranched alkanes of at least 4 members (excludes halogenated alkanes) is 1. The minimum atomic E-state index is -0.320. The van der Waals surface area contributed by atoms with E-state index in [1.807, 2.05) is 42.7 Å². The van der Waals surface area contributed by atoms with Gasteiger partial charge in [-0.3, -0.25) is 14.9 Å². The van der Waals surface area contributed by atoms with Crippen LogP contribution in [-0.2, 0) is 4.79 Å². The number of hydrogen-bond acceptors (Lipinski definition) is 3. The largest absolute Gasteiger partial charge is 0.291 e. The summed E-state index contributed by atoms with van der Waals surface area (Å²) < 4.78 is 0. The number of allylic oxidation sites excluding steroid dienone is 11. The Balaban J connectivity index is 4.11. The molecule has 1 radical (unpaired) electrons. The first-order chi connectivity index (χ1) is 12.7. The zero-order valence-electron chi connectivity index (χ0n) is 15.7. The van der Waals surface area contributed by atoms with Crippen LogP contribution in [-0.4, -0.2) is 11.2 Å². The molecule has 141 valence electrons. The molecule has 0 spiro atoms. The third kappa shape index (κ3) is 16.4. The van der Waals surface area contributed by atoms with E-state index in [1.165, 1.54) is 0 Å². The first-order valence-electron chi connectivity index (χ1n) is 9.15. The monoisotopic (exact) mass is 356 g/mol. The lowest BCUT2D eigenvalue weighted by molar-refractivity contribution is -0.427. The lowest BCUT2D eigenvalue weighted by Crippen LogP contribution is -1.97. The van der Waals surface area contributed by atoms with Crippen LogP contribution < -0.4 is 0 Å². The van der Waals surface area contributed by atoms with E-state index in [2.05, 4.69) is 31.2 Å². The van der Waals surface area contributed by atoms with Crippen molar-refractivity contribution in [3.8, 4) is 0 Å². The summed E-state index contributed by atoms with van der Waals surface area (Å²) in [6, 6.07) is 0. The van der Waals surface area contributed by atoms with Gasteiger partial charge in [0, 0.05) is 6.42 Å². The fourth-order valence-electron chi connectivity index (χ4n) is 1.98. The van der Waals surface area contributed by atoms with Gasteiger partial charge >= 0.3 is 0 Å². The summed E-state index contributed by atoms with van der Waals surface area (Å²) in [4.78, 5) is 20.8. The standard InChI is InChI=1S/C22H30NO3/c1-2-3-4-5-6-7-10-13-16-19-22(23(25)26)20-17-14-11-8-9-12-15-18-21-24/h3-4,6-7,9,11-14,16,20H,2,5,8,10,15,17-19H2,1H3/b4-3+,7-6+,12-9+,14-11+,16-13+,22-20-. The Morgan fingerprint density at radius 3 is 1.96 bits per heavy atom. The van der Waals surface area contributed by atoms with Crippen molar-refractivity contribution in [1.29, 1.82) is 0 Å². The van der Waals surface area contributed by atoms with Gasteiger partial charge in [0.25, 0.3) is 0 Å². The van der Waals surface area contributed by atoms with Gasteiger partial charge in [0.2, 0.25) is 5.70 Å². The number of carbonyl (C=O) groups excluding carboxylic acids is 1. The van der Waals surface area contributed by atoms with Gasteiger partial charge in [0.15, 0.2) is 6.29 Å². The van der Waals surface area contributed by atoms with Crippen molar-refractivity contribution in [3.63, 3.8) is 0 Å². The van der Waals surface area contributed by atoms with Crippen LogP contribution in [0.25, 0.3) is 0 Å². The smallest absolute Gasteiger partial charge is 0.246 e. The molecule has 0 bridgehead atoms. The second kappa shape index (κ2) is 18.8. The van der Waals surface area contributed by atoms with E-state index in [1.54, 1.807) is 6.08 Å². The lowest BCUT2D eigenvalue weighted by Gasteiger charge is -1.93. The minimum Gasteiger partial charge on any atom is -0.291 e. The lowest BCUT2D eigenvalue weighted by atomic mass is 10.2. The summed E-state index contributed by atoms with van der Waals surface area (Å²) in [5, 5.41) is 11.0. The van der Waals surface area contributed by atoms with Gasteiger partial charge in [-0.05, 0) is 44.6 Å². The summed E-state index contributed by atoms with van der Waals surface area (Å²) in [5.74, 6) is 0. The molecule has 0 saturated carbocycles. The maximum absolute atomic E-state index is 11.0. The molecule has 0 rings (SSSR count). The van der Waals surface area contributed by atoms with E-state index >= 15 is 0 Å². The van der Waals surface area contributed by atoms with E-state index in [0.29, 0.717) is 25.7 Å². The average molecular weight is 356 g/mol. The van der Waals surface area contributed by atoms with Crippen LogP contribution in [0.4, 0.5) is 0 Å². The molecular weight excluding hydrogens is 326 g/mol. The Morgan fingerprint density at radius 1 is 0.846 bits per heavy atom. The topological polar surface area (TPSA) is 60.2 Å². The van der Waals surface area contributed by atoms with Crippen LogP contribution in [0.2, 0.25) is 0 Å². The molecule has 4 heteroatoms. The van der Waals surface area contributed by atoms with Crippen molar-refractivity contribution in [2.24, 2.45) is 0 Å². The van der Waals surface area contributed by atoms with Gasteiger partial charge in [-0.2, -0.15) is 0 Å². The van der Waals surface area contributed by atoms with E-state index < -0.39 is 0 Å². The molecular formula is C22H30NO3. The normalized spacial score (nSPS) is 13.2. The summed E-state index contributed by atoms with van der Waals surface area (Å²) in [5.41, 5.74) is 0.220. The van der Waals surface area contributed by atoms with Crippen molar-refractivity contribution < 1.29 is 9.72 Å². The molecule has 0 aromatic rings. The fraction of sp³-hybridized carbons (Fsp3) is 0.409. The van der Waals surface area contributed by atoms with E-state index in [9.17, 15) is 14.9 Å². The predicted octanol–water partition coefficient (Wildman–Crippen LogP) is 6.18. The Morgan fingerprint density at radius 2 is 1.38 bits per heavy atom. The Hall–Kier alpha value is -2.49. The minimum absolute atomic E-state index is 0.220. The molecule has 0 heterocycles. The molecule has 0 aliphatic carbocycles. The fourth-order valence-corrected chi connectivity index (χ4v) is 1.98. The molecule has 0 N–H and O–H groups in total. The molecule has 0 unspecified atom stereocenters. The number of nitro groups is 1. The summed E-state index contributed by atoms with van der Waals surface area (Å²) in [7, 11) is 0. The summed E-state index contributed by atoms with van der Waals surface area (Å²) in [6.45, 7) is 2.10. The van der Waals surface area contributed by atoms with Gasteiger partial charge in [0.05, 0.1) is 11.3 Å². The van der Waals surface area contributed by atoms with Crippen LogP contribution in [0, 0.1) is 10.1 Å². The van der Waals surface area contributed by atoms with Crippen LogP contribution in [0.3, 0.4) is 0 Å². The highest BCUT2D eigenvalue weighted by Crippen LogP contribution is 2.06. The van der Waals surface area contributed by atoms with Gasteiger partial charge in [-0.15, -0.1) is 0 Å². The van der Waals surface area contributed by atoms with Crippen LogP contribution in [0.15, 0.2) is 72.5 Å². The second-order valence-corrected chi connectivity index (χ2v) is 5.55. The molecule has 26 heavy (non-hydrogen) atoms. The highest BCUT2D eigenvalue weighted by molar-refractivity contribution is 5.50. The summed E-state index contributed by atoms with van der Waals surface area (Å²) >= 11 is 0. The molecule has 0 aliphatic rings. The van der Waals surface area contributed by atoms with Crippen molar-refractivity contribution in [2.45, 2.75) is 58.3 Å². The highest BCUT2D eigenvalue weighted by Gasteiger charge is 2.06. The molecule has 0 aromatic heterocycles. The highest BCUT2D eigenvalue weighted by atomic mass is 16.6. The van der Waals surface area contributed by atoms with Crippen molar-refractivity contribution in [2.75, 3.05) is 0 Å². The Labute approximate surface area is 157 Å². The summed E-state index contributed by atoms with van der Waals surface area (Å²) in [6.07, 6.45) is 29.0. The second-order valence-electron chi connectivity index (χ2n) is 5.55. The van der Waals surface area contributed by atoms with Gasteiger partial charge in [0.1, 0.15) is 0 Å². The van der Waals surface area contributed by atoms with Crippen molar-refractivity contribution >= 4 is 6.29 Å². The first kappa shape index (κ1) is 23.5. The van der Waals surface area contributed by atoms with E-state index in [0.717, 1.165) is 25.7 Å². The average Bonchev–Trinajstić information content (AvgIpc) is 2.63. The van der Waals surface area contributed by atoms with Crippen molar-refractivity contribution in [1.82, 2.24) is 0 Å². The third-order valence-corrected chi connectivity index (χ3v) is 3.35. The third-order valence-electron chi connectivity index (χ3n) is 3.35. The van der Waals surface area contributed by atoms with Crippen LogP contribution >= 0.6 is 0 Å². The van der Waals surface area contributed by atoms with Gasteiger partial charge in [-0.1, -0.05) is 67.7 Å². The first-order valence-corrected chi connectivity index (χ1v) is 9.15. The van der Waals surface area contributed by atoms with Crippen LogP contribution in [0.1, 0.15) is 58.3 Å². The molecule has 0 aromatic carbocycles. The molecule has 0 amide bonds. The molecule has 0 atom stereocenters. The predicted molar refractivity (Wildman–Crippen MR) is 109 cm³/mol. The number of nitrogens with zero attached hydrogens (tertiary/aromatic N) is 1. The van der Waals surface area contributed by atoms with Gasteiger partial charge < -0.3 is 0 Å². The van der Waals surface area contributed by atoms with E-state index in [-0.39, 0.29) is 10.6 Å². The number of hydrogen-bond donors (Lipinski definition) is 0. The quantitative estimate of drug-likeness (QED) is 0.152. The van der Waals surface area contributed by atoms with Crippen LogP contribution in [0.5, 0.6) is 0 Å².